The summed E-state index contributed by atoms with van der Waals surface area (Å²) in [5, 5.41) is 3.83. The highest BCUT2D eigenvalue weighted by atomic mass is 32.2. The molecule has 1 aromatic heterocycles. The fourth-order valence-corrected chi connectivity index (χ4v) is 3.70. The molecule has 1 N–H and O–H groups in total. The second-order valence-corrected chi connectivity index (χ2v) is 7.87. The first-order valence-electron chi connectivity index (χ1n) is 9.08. The Hall–Kier alpha value is -2.53. The van der Waals surface area contributed by atoms with Crippen LogP contribution in [0.4, 0.5) is 5.69 Å². The van der Waals surface area contributed by atoms with Gasteiger partial charge in [-0.25, -0.2) is 4.98 Å². The Bertz CT molecular complexity index is 909. The van der Waals surface area contributed by atoms with E-state index in [1.54, 1.807) is 6.20 Å². The summed E-state index contributed by atoms with van der Waals surface area (Å²) in [4.78, 5) is 16.8. The fraction of sp³-hybridized carbons (Fsp3) is 0.273. The van der Waals surface area contributed by atoms with Crippen LogP contribution in [0.1, 0.15) is 36.5 Å². The molecule has 27 heavy (non-hydrogen) atoms. The van der Waals surface area contributed by atoms with Gasteiger partial charge in [-0.15, -0.1) is 0 Å². The monoisotopic (exact) mass is 379 g/mol. The van der Waals surface area contributed by atoms with E-state index in [9.17, 15) is 4.79 Å². The number of aryl methyl sites for hydroxylation is 2. The molecule has 0 bridgehead atoms. The summed E-state index contributed by atoms with van der Waals surface area (Å²) in [6.07, 6.45) is 3.69. The van der Waals surface area contributed by atoms with Gasteiger partial charge in [0.05, 0.1) is 5.75 Å². The quantitative estimate of drug-likeness (QED) is 0.588. The Labute approximate surface area is 165 Å². The molecule has 4 nitrogen and oxygen atoms in total. The first-order chi connectivity index (χ1) is 13.0. The summed E-state index contributed by atoms with van der Waals surface area (Å²) < 4.78 is 2.01. The number of amides is 1. The van der Waals surface area contributed by atoms with Gasteiger partial charge in [0.1, 0.15) is 0 Å². The number of nitrogens with zero attached hydrogens (tertiary/aromatic N) is 2. The van der Waals surface area contributed by atoms with E-state index >= 15 is 0 Å². The molecule has 3 rings (SSSR count). The molecule has 0 saturated heterocycles. The Balaban J connectivity index is 1.67. The van der Waals surface area contributed by atoms with E-state index in [2.05, 4.69) is 48.4 Å². The van der Waals surface area contributed by atoms with Crippen LogP contribution in [-0.4, -0.2) is 21.2 Å². The van der Waals surface area contributed by atoms with E-state index in [1.807, 2.05) is 42.8 Å². The molecule has 0 saturated carbocycles. The molecule has 0 aliphatic rings. The number of imidazole rings is 1. The predicted octanol–water partition coefficient (Wildman–Crippen LogP) is 5.34. The van der Waals surface area contributed by atoms with E-state index in [-0.39, 0.29) is 5.91 Å². The van der Waals surface area contributed by atoms with E-state index in [0.717, 1.165) is 27.7 Å². The number of anilines is 1. The summed E-state index contributed by atoms with van der Waals surface area (Å²) >= 11 is 1.44. The van der Waals surface area contributed by atoms with E-state index < -0.39 is 0 Å². The van der Waals surface area contributed by atoms with Crippen LogP contribution in [0.3, 0.4) is 0 Å². The van der Waals surface area contributed by atoms with Crippen LogP contribution in [0.25, 0.3) is 5.69 Å². The van der Waals surface area contributed by atoms with Crippen molar-refractivity contribution < 1.29 is 4.79 Å². The SMILES string of the molecule is Cc1cccc(C)c1NC(=O)CSc1nccn1-c1ccc(C(C)C)cc1. The largest absolute Gasteiger partial charge is 0.325 e. The number of hydrogen-bond acceptors (Lipinski definition) is 3. The zero-order valence-electron chi connectivity index (χ0n) is 16.2. The van der Waals surface area contributed by atoms with Gasteiger partial charge in [0.15, 0.2) is 5.16 Å². The van der Waals surface area contributed by atoms with Gasteiger partial charge >= 0.3 is 0 Å². The van der Waals surface area contributed by atoms with Crippen molar-refractivity contribution in [3.63, 3.8) is 0 Å². The van der Waals surface area contributed by atoms with Gasteiger partial charge in [-0.05, 0) is 48.6 Å². The summed E-state index contributed by atoms with van der Waals surface area (Å²) in [5.74, 6) is 0.792. The molecule has 0 atom stereocenters. The molecule has 2 aromatic carbocycles. The molecule has 140 valence electrons. The van der Waals surface area contributed by atoms with Crippen LogP contribution in [0.2, 0.25) is 0 Å². The number of aromatic nitrogens is 2. The van der Waals surface area contributed by atoms with E-state index in [0.29, 0.717) is 11.7 Å². The molecule has 3 aromatic rings. The summed E-state index contributed by atoms with van der Waals surface area (Å²) in [6.45, 7) is 8.37. The highest BCUT2D eigenvalue weighted by Crippen LogP contribution is 2.24. The van der Waals surface area contributed by atoms with Gasteiger partial charge in [-0.3, -0.25) is 9.36 Å². The third-order valence-corrected chi connectivity index (χ3v) is 5.49. The lowest BCUT2D eigenvalue weighted by molar-refractivity contribution is -0.113. The minimum atomic E-state index is -0.0258. The first kappa shape index (κ1) is 19.2. The maximum Gasteiger partial charge on any atom is 0.234 e. The smallest absolute Gasteiger partial charge is 0.234 e. The van der Waals surface area contributed by atoms with Crippen molar-refractivity contribution >= 4 is 23.4 Å². The van der Waals surface area contributed by atoms with Gasteiger partial charge in [0, 0.05) is 23.8 Å². The molecule has 0 aliphatic heterocycles. The molecule has 1 amide bonds. The summed E-state index contributed by atoms with van der Waals surface area (Å²) in [7, 11) is 0. The van der Waals surface area contributed by atoms with Crippen molar-refractivity contribution in [3.8, 4) is 5.69 Å². The van der Waals surface area contributed by atoms with Crippen LogP contribution >= 0.6 is 11.8 Å². The highest BCUT2D eigenvalue weighted by molar-refractivity contribution is 7.99. The standard InChI is InChI=1S/C22H25N3OS/c1-15(2)18-8-10-19(11-9-18)25-13-12-23-22(25)27-14-20(26)24-21-16(3)6-5-7-17(21)4/h5-13,15H,14H2,1-4H3,(H,24,26). The Morgan fingerprint density at radius 3 is 2.41 bits per heavy atom. The van der Waals surface area contributed by atoms with Crippen LogP contribution in [0.5, 0.6) is 0 Å². The number of nitrogens with one attached hydrogen (secondary N) is 1. The Morgan fingerprint density at radius 2 is 1.78 bits per heavy atom. The topological polar surface area (TPSA) is 46.9 Å². The fourth-order valence-electron chi connectivity index (χ4n) is 2.93. The molecule has 0 unspecified atom stereocenters. The maximum absolute atomic E-state index is 12.4. The average molecular weight is 380 g/mol. The minimum Gasteiger partial charge on any atom is -0.325 e. The lowest BCUT2D eigenvalue weighted by Gasteiger charge is -2.12. The molecule has 0 spiro atoms. The second-order valence-electron chi connectivity index (χ2n) is 6.93. The minimum absolute atomic E-state index is 0.0258. The van der Waals surface area contributed by atoms with Crippen molar-refractivity contribution in [2.45, 2.75) is 38.8 Å². The van der Waals surface area contributed by atoms with Crippen LogP contribution in [0, 0.1) is 13.8 Å². The Morgan fingerprint density at radius 1 is 1.11 bits per heavy atom. The molecular formula is C22H25N3OS. The van der Waals surface area contributed by atoms with E-state index in [4.69, 9.17) is 0 Å². The van der Waals surface area contributed by atoms with Crippen molar-refractivity contribution in [3.05, 3.63) is 71.5 Å². The number of carbonyl (C=O) groups excluding carboxylic acids is 1. The third kappa shape index (κ3) is 4.61. The van der Waals surface area contributed by atoms with Crippen LogP contribution < -0.4 is 5.32 Å². The van der Waals surface area contributed by atoms with Crippen LogP contribution in [-0.2, 0) is 4.79 Å². The van der Waals surface area contributed by atoms with Gasteiger partial charge in [-0.1, -0.05) is 55.9 Å². The number of benzene rings is 2. The van der Waals surface area contributed by atoms with Gasteiger partial charge in [0.25, 0.3) is 0 Å². The zero-order valence-corrected chi connectivity index (χ0v) is 17.0. The zero-order chi connectivity index (χ0) is 19.4. The number of rotatable bonds is 6. The summed E-state index contributed by atoms with van der Waals surface area (Å²) in [6, 6.07) is 14.5. The van der Waals surface area contributed by atoms with Crippen molar-refractivity contribution in [1.29, 1.82) is 0 Å². The van der Waals surface area contributed by atoms with Crippen LogP contribution in [0.15, 0.2) is 60.0 Å². The maximum atomic E-state index is 12.4. The normalized spacial score (nSPS) is 11.0. The van der Waals surface area contributed by atoms with Crippen molar-refractivity contribution in [2.75, 3.05) is 11.1 Å². The molecule has 1 heterocycles. The third-order valence-electron chi connectivity index (χ3n) is 4.52. The number of hydrogen-bond donors (Lipinski definition) is 1. The van der Waals surface area contributed by atoms with Gasteiger partial charge in [-0.2, -0.15) is 0 Å². The van der Waals surface area contributed by atoms with Crippen molar-refractivity contribution in [1.82, 2.24) is 9.55 Å². The van der Waals surface area contributed by atoms with Gasteiger partial charge in [0.2, 0.25) is 5.91 Å². The lowest BCUT2D eigenvalue weighted by atomic mass is 10.0. The predicted molar refractivity (Wildman–Crippen MR) is 113 cm³/mol. The number of carbonyl (C=O) groups is 1. The molecule has 5 heteroatoms. The molecule has 0 radical (unpaired) electrons. The first-order valence-corrected chi connectivity index (χ1v) is 10.1. The molecule has 0 aliphatic carbocycles. The number of para-hydroxylation sites is 1. The molecular weight excluding hydrogens is 354 g/mol. The van der Waals surface area contributed by atoms with Crippen molar-refractivity contribution in [2.24, 2.45) is 0 Å². The average Bonchev–Trinajstić information content (AvgIpc) is 3.12. The Kier molecular flexibility index (Phi) is 6.01. The highest BCUT2D eigenvalue weighted by Gasteiger charge is 2.11. The number of thioether (sulfide) groups is 1. The van der Waals surface area contributed by atoms with E-state index in [1.165, 1.54) is 17.3 Å². The second kappa shape index (κ2) is 8.44. The summed E-state index contributed by atoms with van der Waals surface area (Å²) in [5.41, 5.74) is 5.39. The van der Waals surface area contributed by atoms with Gasteiger partial charge < -0.3 is 5.32 Å². The lowest BCUT2D eigenvalue weighted by Crippen LogP contribution is -2.16. The molecule has 0 fully saturated rings.